The first-order chi connectivity index (χ1) is 18.1. The lowest BCUT2D eigenvalue weighted by molar-refractivity contribution is -0.138. The summed E-state index contributed by atoms with van der Waals surface area (Å²) in [6.45, 7) is 8.66. The lowest BCUT2D eigenvalue weighted by atomic mass is 9.96. The smallest absolute Gasteiger partial charge is 0.419 e. The van der Waals surface area contributed by atoms with Crippen LogP contribution in [0, 0.1) is 0 Å². The van der Waals surface area contributed by atoms with Crippen LogP contribution in [0.1, 0.15) is 50.9 Å². The fourth-order valence-corrected chi connectivity index (χ4v) is 4.40. The largest absolute Gasteiger partial charge is 0.492 e. The van der Waals surface area contributed by atoms with E-state index in [0.29, 0.717) is 50.3 Å². The van der Waals surface area contributed by atoms with Crippen molar-refractivity contribution in [2.24, 2.45) is 0 Å². The summed E-state index contributed by atoms with van der Waals surface area (Å²) in [5.41, 5.74) is -0.496. The molecule has 1 aliphatic rings. The van der Waals surface area contributed by atoms with Gasteiger partial charge in [-0.15, -0.1) is 0 Å². The number of hydrogen-bond acceptors (Lipinski definition) is 6. The Bertz CT molecular complexity index is 1100. The van der Waals surface area contributed by atoms with Crippen LogP contribution in [0.25, 0.3) is 11.3 Å². The van der Waals surface area contributed by atoms with Crippen LogP contribution in [0.4, 0.5) is 18.0 Å². The van der Waals surface area contributed by atoms with E-state index in [1.54, 1.807) is 11.0 Å². The molecule has 2 aromatic rings. The van der Waals surface area contributed by atoms with Crippen molar-refractivity contribution < 1.29 is 27.4 Å². The number of benzene rings is 1. The zero-order valence-corrected chi connectivity index (χ0v) is 24.1. The average Bonchev–Trinajstić information content (AvgIpc) is 3.25. The van der Waals surface area contributed by atoms with Crippen LogP contribution in [0.15, 0.2) is 24.4 Å². The van der Waals surface area contributed by atoms with E-state index < -0.39 is 17.3 Å². The Morgan fingerprint density at radius 2 is 1.69 bits per heavy atom. The van der Waals surface area contributed by atoms with Gasteiger partial charge in [-0.25, -0.2) is 9.78 Å². The molecule has 0 aliphatic carbocycles. The van der Waals surface area contributed by atoms with E-state index in [0.717, 1.165) is 18.4 Å². The Labute approximate surface area is 229 Å². The molecule has 0 N–H and O–H groups in total. The Balaban J connectivity index is 1.86. The van der Waals surface area contributed by atoms with Crippen LogP contribution in [0.2, 0.25) is 0 Å². The van der Waals surface area contributed by atoms with Crippen LogP contribution in [-0.4, -0.2) is 96.9 Å². The summed E-state index contributed by atoms with van der Waals surface area (Å²) in [4.78, 5) is 23.0. The zero-order valence-electron chi connectivity index (χ0n) is 24.1. The maximum Gasteiger partial charge on any atom is 0.419 e. The SMILES string of the molecule is CN(C)CCOc1ccc(-c2cn(CCN(C)C)c(C3CCN(C(=O)OC(C)(C)C)CC3)n2)cc1C(F)(F)F. The molecule has 11 heteroatoms. The van der Waals surface area contributed by atoms with Crippen molar-refractivity contribution in [3.63, 3.8) is 0 Å². The molecule has 0 saturated carbocycles. The number of imidazole rings is 1. The van der Waals surface area contributed by atoms with Crippen LogP contribution in [-0.2, 0) is 17.5 Å². The molecular formula is C28H42F3N5O3. The molecule has 8 nitrogen and oxygen atoms in total. The predicted octanol–water partition coefficient (Wildman–Crippen LogP) is 5.19. The third-order valence-corrected chi connectivity index (χ3v) is 6.48. The van der Waals surface area contributed by atoms with Gasteiger partial charge in [0.25, 0.3) is 0 Å². The highest BCUT2D eigenvalue weighted by Crippen LogP contribution is 2.39. The molecule has 218 valence electrons. The summed E-state index contributed by atoms with van der Waals surface area (Å²) >= 11 is 0. The maximum absolute atomic E-state index is 14.0. The molecule has 1 fully saturated rings. The summed E-state index contributed by atoms with van der Waals surface area (Å²) in [6, 6.07) is 4.14. The zero-order chi connectivity index (χ0) is 29.0. The first-order valence-electron chi connectivity index (χ1n) is 13.3. The Kier molecular flexibility index (Phi) is 9.93. The molecule has 1 aromatic heterocycles. The highest BCUT2D eigenvalue weighted by molar-refractivity contribution is 5.68. The average molecular weight is 554 g/mol. The highest BCUT2D eigenvalue weighted by atomic mass is 19.4. The van der Waals surface area contributed by atoms with E-state index in [-0.39, 0.29) is 24.4 Å². The number of hydrogen-bond donors (Lipinski definition) is 0. The molecule has 39 heavy (non-hydrogen) atoms. The van der Waals surface area contributed by atoms with Gasteiger partial charge in [0, 0.05) is 50.4 Å². The molecular weight excluding hydrogens is 511 g/mol. The van der Waals surface area contributed by atoms with Crippen molar-refractivity contribution in [3.05, 3.63) is 35.8 Å². The Hall–Kier alpha value is -2.79. The van der Waals surface area contributed by atoms with Gasteiger partial charge in [-0.05, 0) is 80.0 Å². The number of carbonyl (C=O) groups excluding carboxylic acids is 1. The number of halogens is 3. The second kappa shape index (κ2) is 12.6. The maximum atomic E-state index is 14.0. The minimum absolute atomic E-state index is 0.0790. The highest BCUT2D eigenvalue weighted by Gasteiger charge is 2.35. The second-order valence-electron chi connectivity index (χ2n) is 11.6. The van der Waals surface area contributed by atoms with E-state index in [1.165, 1.54) is 6.07 Å². The van der Waals surface area contributed by atoms with Gasteiger partial charge in [0.2, 0.25) is 0 Å². The normalized spacial score (nSPS) is 15.3. The van der Waals surface area contributed by atoms with Crippen molar-refractivity contribution >= 4 is 6.09 Å². The molecule has 0 bridgehead atoms. The van der Waals surface area contributed by atoms with Crippen LogP contribution in [0.5, 0.6) is 5.75 Å². The number of likely N-dealkylation sites (tertiary alicyclic amines) is 1. The molecule has 1 amide bonds. The van der Waals surface area contributed by atoms with E-state index in [9.17, 15) is 18.0 Å². The molecule has 0 unspecified atom stereocenters. The first kappa shape index (κ1) is 30.7. The van der Waals surface area contributed by atoms with Gasteiger partial charge in [0.1, 0.15) is 23.8 Å². The van der Waals surface area contributed by atoms with Gasteiger partial charge in [-0.1, -0.05) is 0 Å². The quantitative estimate of drug-likeness (QED) is 0.426. The molecule has 0 spiro atoms. The van der Waals surface area contributed by atoms with Gasteiger partial charge in [0.15, 0.2) is 0 Å². The number of piperidine rings is 1. The topological polar surface area (TPSA) is 63.1 Å². The van der Waals surface area contributed by atoms with Gasteiger partial charge in [-0.3, -0.25) is 0 Å². The third kappa shape index (κ3) is 8.86. The summed E-state index contributed by atoms with van der Waals surface area (Å²) in [5, 5.41) is 0. The molecule has 1 aliphatic heterocycles. The lowest BCUT2D eigenvalue weighted by Crippen LogP contribution is -2.41. The van der Waals surface area contributed by atoms with Crippen LogP contribution >= 0.6 is 0 Å². The van der Waals surface area contributed by atoms with E-state index in [1.807, 2.05) is 64.6 Å². The summed E-state index contributed by atoms with van der Waals surface area (Å²) in [5.74, 6) is 0.723. The van der Waals surface area contributed by atoms with E-state index in [4.69, 9.17) is 14.5 Å². The van der Waals surface area contributed by atoms with Crippen molar-refractivity contribution in [1.82, 2.24) is 24.3 Å². The van der Waals surface area contributed by atoms with E-state index in [2.05, 4.69) is 4.90 Å². The standard InChI is InChI=1S/C28H42F3N5O3/c1-27(2,3)39-26(37)35-12-10-20(11-13-35)25-32-23(19-36(25)15-14-33(4)5)21-8-9-24(38-17-16-34(6)7)22(18-21)28(29,30)31/h8-9,18-20H,10-17H2,1-7H3. The number of aromatic nitrogens is 2. The van der Waals surface area contributed by atoms with Gasteiger partial charge < -0.3 is 28.7 Å². The summed E-state index contributed by atoms with van der Waals surface area (Å²) in [6.07, 6.45) is -1.66. The van der Waals surface area contributed by atoms with Crippen molar-refractivity contribution in [2.45, 2.75) is 57.9 Å². The molecule has 2 heterocycles. The first-order valence-corrected chi connectivity index (χ1v) is 13.3. The number of carbonyl (C=O) groups is 1. The van der Waals surface area contributed by atoms with Crippen molar-refractivity contribution in [2.75, 3.05) is 61.0 Å². The van der Waals surface area contributed by atoms with E-state index >= 15 is 0 Å². The fourth-order valence-electron chi connectivity index (χ4n) is 4.40. The molecule has 1 saturated heterocycles. The molecule has 0 radical (unpaired) electrons. The second-order valence-corrected chi connectivity index (χ2v) is 11.6. The van der Waals surface area contributed by atoms with Crippen molar-refractivity contribution in [3.8, 4) is 17.0 Å². The minimum Gasteiger partial charge on any atom is -0.492 e. The number of alkyl halides is 3. The number of nitrogens with zero attached hydrogens (tertiary/aromatic N) is 5. The number of rotatable bonds is 9. The molecule has 3 rings (SSSR count). The van der Waals surface area contributed by atoms with Gasteiger partial charge in [0.05, 0.1) is 11.3 Å². The minimum atomic E-state index is -4.56. The van der Waals surface area contributed by atoms with Crippen LogP contribution in [0.3, 0.4) is 0 Å². The monoisotopic (exact) mass is 553 g/mol. The Morgan fingerprint density at radius 3 is 2.26 bits per heavy atom. The van der Waals surface area contributed by atoms with Gasteiger partial charge >= 0.3 is 12.3 Å². The summed E-state index contributed by atoms with van der Waals surface area (Å²) in [7, 11) is 7.62. The molecule has 1 aromatic carbocycles. The summed E-state index contributed by atoms with van der Waals surface area (Å²) < 4.78 is 54.9. The fraction of sp³-hybridized carbons (Fsp3) is 0.643. The number of likely N-dealkylation sites (N-methyl/N-ethyl adjacent to an activating group) is 2. The number of ether oxygens (including phenoxy) is 2. The molecule has 0 atom stereocenters. The Morgan fingerprint density at radius 1 is 1.05 bits per heavy atom. The van der Waals surface area contributed by atoms with Crippen molar-refractivity contribution in [1.29, 1.82) is 0 Å². The number of amides is 1. The van der Waals surface area contributed by atoms with Crippen LogP contribution < -0.4 is 4.74 Å². The third-order valence-electron chi connectivity index (χ3n) is 6.48. The lowest BCUT2D eigenvalue weighted by Gasteiger charge is -2.33. The predicted molar refractivity (Wildman–Crippen MR) is 145 cm³/mol. The van der Waals surface area contributed by atoms with Gasteiger partial charge in [-0.2, -0.15) is 13.2 Å².